The Bertz CT molecular complexity index is 932. The molecule has 3 aromatic carbocycles. The molecule has 1 heterocycles. The van der Waals surface area contributed by atoms with Gasteiger partial charge in [-0.15, -0.1) is 0 Å². The molecule has 0 fully saturated rings. The largest absolute Gasteiger partial charge is 0.489 e. The number of halogens is 1. The maximum absolute atomic E-state index is 6.43. The molecule has 0 saturated carbocycles. The van der Waals surface area contributed by atoms with Gasteiger partial charge >= 0.3 is 0 Å². The number of benzene rings is 3. The van der Waals surface area contributed by atoms with Crippen molar-refractivity contribution >= 4 is 11.6 Å². The summed E-state index contributed by atoms with van der Waals surface area (Å²) in [5.41, 5.74) is 4.18. The molecule has 0 radical (unpaired) electrons. The van der Waals surface area contributed by atoms with Crippen LogP contribution in [-0.2, 0) is 13.0 Å². The van der Waals surface area contributed by atoms with Gasteiger partial charge in [0, 0.05) is 22.6 Å². The number of hydrogen-bond acceptors (Lipinski definition) is 2. The molecule has 0 unspecified atom stereocenters. The smallest absolute Gasteiger partial charge is 0.130 e. The van der Waals surface area contributed by atoms with Gasteiger partial charge in [-0.25, -0.2) is 0 Å². The van der Waals surface area contributed by atoms with Crippen molar-refractivity contribution in [2.24, 2.45) is 0 Å². The van der Waals surface area contributed by atoms with Gasteiger partial charge in [0.2, 0.25) is 0 Å². The molecule has 1 aliphatic heterocycles. The van der Waals surface area contributed by atoms with Gasteiger partial charge in [-0.05, 0) is 55.3 Å². The van der Waals surface area contributed by atoms with Gasteiger partial charge in [0.15, 0.2) is 0 Å². The average molecular weight is 365 g/mol. The first-order chi connectivity index (χ1) is 12.5. The van der Waals surface area contributed by atoms with Crippen LogP contribution in [-0.4, -0.2) is 5.60 Å². The molecule has 0 amide bonds. The van der Waals surface area contributed by atoms with Crippen molar-refractivity contribution < 1.29 is 9.47 Å². The fourth-order valence-electron chi connectivity index (χ4n) is 3.42. The molecule has 4 rings (SSSR count). The number of rotatable bonds is 4. The molecular weight excluding hydrogens is 344 g/mol. The molecule has 0 saturated heterocycles. The van der Waals surface area contributed by atoms with E-state index in [1.807, 2.05) is 54.6 Å². The summed E-state index contributed by atoms with van der Waals surface area (Å²) in [6.45, 7) is 4.69. The predicted molar refractivity (Wildman–Crippen MR) is 106 cm³/mol. The third-order valence-electron chi connectivity index (χ3n) is 4.56. The third-order valence-corrected chi connectivity index (χ3v) is 4.89. The maximum atomic E-state index is 6.43. The van der Waals surface area contributed by atoms with E-state index in [1.165, 1.54) is 5.56 Å². The Hall–Kier alpha value is -2.45. The van der Waals surface area contributed by atoms with Crippen LogP contribution in [0.4, 0.5) is 0 Å². The minimum absolute atomic E-state index is 0.205. The zero-order valence-electron chi connectivity index (χ0n) is 15.0. The summed E-state index contributed by atoms with van der Waals surface area (Å²) < 4.78 is 12.2. The lowest BCUT2D eigenvalue weighted by Crippen LogP contribution is -2.24. The number of fused-ring (bicyclic) bond motifs is 1. The second-order valence-electron chi connectivity index (χ2n) is 7.24. The molecule has 3 aromatic rings. The third kappa shape index (κ3) is 3.42. The van der Waals surface area contributed by atoms with Crippen LogP contribution in [0.15, 0.2) is 66.7 Å². The van der Waals surface area contributed by atoms with E-state index in [2.05, 4.69) is 26.0 Å². The van der Waals surface area contributed by atoms with Gasteiger partial charge in [-0.1, -0.05) is 48.0 Å². The van der Waals surface area contributed by atoms with Crippen molar-refractivity contribution in [3.63, 3.8) is 0 Å². The lowest BCUT2D eigenvalue weighted by atomic mass is 9.95. The van der Waals surface area contributed by atoms with E-state index in [0.29, 0.717) is 6.61 Å². The van der Waals surface area contributed by atoms with Crippen molar-refractivity contribution in [1.82, 2.24) is 0 Å². The fourth-order valence-corrected chi connectivity index (χ4v) is 3.67. The molecule has 0 atom stereocenters. The van der Waals surface area contributed by atoms with E-state index in [-0.39, 0.29) is 5.60 Å². The molecule has 1 aliphatic rings. The van der Waals surface area contributed by atoms with Crippen LogP contribution < -0.4 is 9.47 Å². The summed E-state index contributed by atoms with van der Waals surface area (Å²) in [6.07, 6.45) is 0.874. The van der Waals surface area contributed by atoms with Crippen LogP contribution in [0.5, 0.6) is 11.5 Å². The Morgan fingerprint density at radius 3 is 2.50 bits per heavy atom. The summed E-state index contributed by atoms with van der Waals surface area (Å²) in [5.74, 6) is 1.79. The van der Waals surface area contributed by atoms with Crippen molar-refractivity contribution in [2.75, 3.05) is 0 Å². The van der Waals surface area contributed by atoms with Crippen molar-refractivity contribution in [1.29, 1.82) is 0 Å². The summed E-state index contributed by atoms with van der Waals surface area (Å²) in [7, 11) is 0. The quantitative estimate of drug-likeness (QED) is 0.540. The maximum Gasteiger partial charge on any atom is 0.130 e. The van der Waals surface area contributed by atoms with Crippen molar-refractivity contribution in [2.45, 2.75) is 32.5 Å². The molecular formula is C23H21ClO2. The zero-order valence-corrected chi connectivity index (χ0v) is 15.7. The number of ether oxygens (including phenoxy) is 2. The molecule has 26 heavy (non-hydrogen) atoms. The van der Waals surface area contributed by atoms with E-state index >= 15 is 0 Å². The highest BCUT2D eigenvalue weighted by Gasteiger charge is 2.32. The van der Waals surface area contributed by atoms with Gasteiger partial charge in [0.1, 0.15) is 23.7 Å². The summed E-state index contributed by atoms with van der Waals surface area (Å²) in [6, 6.07) is 22.1. The van der Waals surface area contributed by atoms with Gasteiger partial charge in [-0.3, -0.25) is 0 Å². The monoisotopic (exact) mass is 364 g/mol. The van der Waals surface area contributed by atoms with Crippen molar-refractivity contribution in [3.05, 3.63) is 82.9 Å². The van der Waals surface area contributed by atoms with Crippen LogP contribution >= 0.6 is 11.6 Å². The van der Waals surface area contributed by atoms with Gasteiger partial charge in [0.05, 0.1) is 0 Å². The van der Waals surface area contributed by atoms with Crippen LogP contribution in [0.2, 0.25) is 5.02 Å². The average Bonchev–Trinajstić information content (AvgIpc) is 2.95. The SMILES string of the molecule is CC1(C)Cc2cc(-c3ccccc3Cl)cc(COc3ccccc3)c2O1. The minimum Gasteiger partial charge on any atom is -0.489 e. The second-order valence-corrected chi connectivity index (χ2v) is 7.65. The number of hydrogen-bond donors (Lipinski definition) is 0. The minimum atomic E-state index is -0.205. The predicted octanol–water partition coefficient (Wildman–Crippen LogP) is 6.30. The van der Waals surface area contributed by atoms with E-state index in [9.17, 15) is 0 Å². The fraction of sp³-hybridized carbons (Fsp3) is 0.217. The highest BCUT2D eigenvalue weighted by atomic mass is 35.5. The van der Waals surface area contributed by atoms with E-state index in [4.69, 9.17) is 21.1 Å². The van der Waals surface area contributed by atoms with Gasteiger partial charge in [0.25, 0.3) is 0 Å². The molecule has 132 valence electrons. The molecule has 0 N–H and O–H groups in total. The van der Waals surface area contributed by atoms with Gasteiger partial charge in [-0.2, -0.15) is 0 Å². The first-order valence-electron chi connectivity index (χ1n) is 8.79. The van der Waals surface area contributed by atoms with Crippen LogP contribution in [0, 0.1) is 0 Å². The molecule has 3 heteroatoms. The van der Waals surface area contributed by atoms with E-state index in [1.54, 1.807) is 0 Å². The first-order valence-corrected chi connectivity index (χ1v) is 9.17. The standard InChI is InChI=1S/C23H21ClO2/c1-23(2)14-17-12-16(20-10-6-7-11-21(20)24)13-18(22(17)26-23)15-25-19-8-4-3-5-9-19/h3-13H,14-15H2,1-2H3. The summed E-state index contributed by atoms with van der Waals surface area (Å²) >= 11 is 6.43. The number of para-hydroxylation sites is 1. The van der Waals surface area contributed by atoms with E-state index in [0.717, 1.165) is 39.6 Å². The second kappa shape index (κ2) is 6.69. The normalized spacial score (nSPS) is 14.6. The van der Waals surface area contributed by atoms with Crippen molar-refractivity contribution in [3.8, 4) is 22.6 Å². The zero-order chi connectivity index (χ0) is 18.1. The lowest BCUT2D eigenvalue weighted by Gasteiger charge is -2.18. The van der Waals surface area contributed by atoms with Crippen LogP contribution in [0.3, 0.4) is 0 Å². The highest BCUT2D eigenvalue weighted by Crippen LogP contribution is 2.42. The Kier molecular flexibility index (Phi) is 4.37. The topological polar surface area (TPSA) is 18.5 Å². The summed E-state index contributed by atoms with van der Waals surface area (Å²) in [5, 5.41) is 0.751. The van der Waals surface area contributed by atoms with Crippen LogP contribution in [0.1, 0.15) is 25.0 Å². The van der Waals surface area contributed by atoms with Crippen LogP contribution in [0.25, 0.3) is 11.1 Å². The Morgan fingerprint density at radius 1 is 1.00 bits per heavy atom. The Labute approximate surface area is 159 Å². The Morgan fingerprint density at radius 2 is 1.73 bits per heavy atom. The molecule has 0 aliphatic carbocycles. The molecule has 0 aromatic heterocycles. The first kappa shape index (κ1) is 17.0. The lowest BCUT2D eigenvalue weighted by molar-refractivity contribution is 0.135. The van der Waals surface area contributed by atoms with E-state index < -0.39 is 0 Å². The molecule has 0 bridgehead atoms. The molecule has 0 spiro atoms. The Balaban J connectivity index is 1.73. The summed E-state index contributed by atoms with van der Waals surface area (Å²) in [4.78, 5) is 0. The highest BCUT2D eigenvalue weighted by molar-refractivity contribution is 6.33. The van der Waals surface area contributed by atoms with Gasteiger partial charge < -0.3 is 9.47 Å². The molecule has 2 nitrogen and oxygen atoms in total.